The number of aliphatic hydroxyl groups excluding tert-OH is 1. The molecule has 1 heterocycles. The number of benzene rings is 1. The molecule has 100 valence electrons. The van der Waals surface area contributed by atoms with Gasteiger partial charge in [0.25, 0.3) is 0 Å². The maximum Gasteiger partial charge on any atom is 0.0853 e. The van der Waals surface area contributed by atoms with E-state index in [0.717, 1.165) is 16.3 Å². The lowest BCUT2D eigenvalue weighted by atomic mass is 10.1. The average Bonchev–Trinajstić information content (AvgIpc) is 2.45. The van der Waals surface area contributed by atoms with Gasteiger partial charge in [-0.05, 0) is 36.8 Å². The van der Waals surface area contributed by atoms with Crippen molar-refractivity contribution in [1.82, 2.24) is 4.98 Å². The Hall–Kier alpha value is -1.58. The molecule has 1 unspecified atom stereocenters. The van der Waals surface area contributed by atoms with Crippen LogP contribution in [0.15, 0.2) is 42.6 Å². The monoisotopic (exact) mass is 276 g/mol. The lowest BCUT2D eigenvalue weighted by Crippen LogP contribution is -2.21. The van der Waals surface area contributed by atoms with E-state index in [2.05, 4.69) is 22.9 Å². The molecule has 2 rings (SSSR count). The van der Waals surface area contributed by atoms with Gasteiger partial charge in [0.2, 0.25) is 0 Å². The second kappa shape index (κ2) is 6.04. The van der Waals surface area contributed by atoms with Gasteiger partial charge in [0.15, 0.2) is 0 Å². The quantitative estimate of drug-likeness (QED) is 0.929. The zero-order chi connectivity index (χ0) is 13.8. The van der Waals surface area contributed by atoms with Crippen LogP contribution in [0.4, 0.5) is 5.69 Å². The lowest BCUT2D eigenvalue weighted by molar-refractivity contribution is 0.277. The van der Waals surface area contributed by atoms with Crippen molar-refractivity contribution >= 4 is 17.3 Å². The third-order valence-electron chi connectivity index (χ3n) is 3.28. The second-order valence-corrected chi connectivity index (χ2v) is 4.94. The summed E-state index contributed by atoms with van der Waals surface area (Å²) in [6, 6.07) is 11.9. The van der Waals surface area contributed by atoms with Gasteiger partial charge in [-0.3, -0.25) is 4.98 Å². The van der Waals surface area contributed by atoms with Crippen molar-refractivity contribution in [3.8, 4) is 0 Å². The number of hydrogen-bond acceptors (Lipinski definition) is 3. The number of halogens is 1. The smallest absolute Gasteiger partial charge is 0.0853 e. The van der Waals surface area contributed by atoms with Crippen LogP contribution >= 0.6 is 11.6 Å². The number of hydrogen-bond donors (Lipinski definition) is 1. The summed E-state index contributed by atoms with van der Waals surface area (Å²) in [5, 5.41) is 9.88. The van der Waals surface area contributed by atoms with Crippen LogP contribution in [-0.2, 0) is 6.61 Å². The molecular formula is C15H17ClN2O. The Morgan fingerprint density at radius 2 is 2.11 bits per heavy atom. The summed E-state index contributed by atoms with van der Waals surface area (Å²) in [7, 11) is 2.02. The predicted octanol–water partition coefficient (Wildman–Crippen LogP) is 3.42. The molecule has 1 aromatic heterocycles. The van der Waals surface area contributed by atoms with Gasteiger partial charge in [-0.2, -0.15) is 0 Å². The third-order valence-corrected chi connectivity index (χ3v) is 3.52. The molecule has 0 radical (unpaired) electrons. The van der Waals surface area contributed by atoms with E-state index in [1.54, 1.807) is 6.20 Å². The van der Waals surface area contributed by atoms with Crippen LogP contribution in [0.3, 0.4) is 0 Å². The van der Waals surface area contributed by atoms with Crippen molar-refractivity contribution in [3.63, 3.8) is 0 Å². The number of rotatable bonds is 4. The van der Waals surface area contributed by atoms with Crippen LogP contribution in [0.2, 0.25) is 5.02 Å². The Morgan fingerprint density at radius 1 is 1.32 bits per heavy atom. The fourth-order valence-electron chi connectivity index (χ4n) is 1.98. The fraction of sp³-hybridized carbons (Fsp3) is 0.267. The standard InChI is InChI=1S/C15H17ClN2O/c1-11(12-4-3-5-13(16)8-12)18(2)15-6-7-17-14(9-15)10-19/h3-9,11,19H,10H2,1-2H3. The van der Waals surface area contributed by atoms with Crippen LogP contribution in [0.1, 0.15) is 24.2 Å². The van der Waals surface area contributed by atoms with Gasteiger partial charge in [0, 0.05) is 24.0 Å². The summed E-state index contributed by atoms with van der Waals surface area (Å²) >= 11 is 6.03. The van der Waals surface area contributed by atoms with E-state index in [1.807, 2.05) is 37.4 Å². The molecule has 1 atom stereocenters. The molecule has 0 spiro atoms. The zero-order valence-electron chi connectivity index (χ0n) is 11.0. The number of nitrogens with zero attached hydrogens (tertiary/aromatic N) is 2. The Labute approximate surface area is 118 Å². The second-order valence-electron chi connectivity index (χ2n) is 4.51. The Bertz CT molecular complexity index is 559. The molecule has 1 aromatic carbocycles. The molecule has 0 aliphatic carbocycles. The molecule has 2 aromatic rings. The van der Waals surface area contributed by atoms with E-state index in [9.17, 15) is 0 Å². The van der Waals surface area contributed by atoms with Crippen LogP contribution in [0, 0.1) is 0 Å². The summed E-state index contributed by atoms with van der Waals surface area (Å²) < 4.78 is 0. The van der Waals surface area contributed by atoms with Crippen LogP contribution in [0.25, 0.3) is 0 Å². The summed E-state index contributed by atoms with van der Waals surface area (Å²) in [6.45, 7) is 2.07. The molecule has 0 saturated heterocycles. The number of aromatic nitrogens is 1. The maximum atomic E-state index is 9.14. The highest BCUT2D eigenvalue weighted by molar-refractivity contribution is 6.30. The minimum atomic E-state index is -0.0484. The molecule has 0 fully saturated rings. The molecule has 0 amide bonds. The van der Waals surface area contributed by atoms with Crippen molar-refractivity contribution in [2.75, 3.05) is 11.9 Å². The maximum absolute atomic E-state index is 9.14. The number of pyridine rings is 1. The Kier molecular flexibility index (Phi) is 4.40. The van der Waals surface area contributed by atoms with Crippen molar-refractivity contribution in [3.05, 3.63) is 58.9 Å². The van der Waals surface area contributed by atoms with Gasteiger partial charge in [-0.15, -0.1) is 0 Å². The highest BCUT2D eigenvalue weighted by Crippen LogP contribution is 2.26. The first-order valence-corrected chi connectivity index (χ1v) is 6.53. The molecule has 0 bridgehead atoms. The first kappa shape index (κ1) is 13.8. The molecule has 1 N–H and O–H groups in total. The van der Waals surface area contributed by atoms with Crippen LogP contribution in [-0.4, -0.2) is 17.1 Å². The van der Waals surface area contributed by atoms with Gasteiger partial charge in [-0.1, -0.05) is 23.7 Å². The number of anilines is 1. The summed E-state index contributed by atoms with van der Waals surface area (Å²) in [4.78, 5) is 6.22. The highest BCUT2D eigenvalue weighted by Gasteiger charge is 2.13. The summed E-state index contributed by atoms with van der Waals surface area (Å²) in [5.74, 6) is 0. The molecular weight excluding hydrogens is 260 g/mol. The molecule has 0 saturated carbocycles. The van der Waals surface area contributed by atoms with E-state index in [-0.39, 0.29) is 12.6 Å². The van der Waals surface area contributed by atoms with E-state index in [1.165, 1.54) is 0 Å². The van der Waals surface area contributed by atoms with Gasteiger partial charge in [0.1, 0.15) is 0 Å². The van der Waals surface area contributed by atoms with E-state index in [4.69, 9.17) is 16.7 Å². The number of aliphatic hydroxyl groups is 1. The molecule has 4 heteroatoms. The topological polar surface area (TPSA) is 36.4 Å². The van der Waals surface area contributed by atoms with Crippen LogP contribution < -0.4 is 4.90 Å². The van der Waals surface area contributed by atoms with Gasteiger partial charge < -0.3 is 10.0 Å². The van der Waals surface area contributed by atoms with E-state index in [0.29, 0.717) is 5.69 Å². The van der Waals surface area contributed by atoms with Crippen molar-refractivity contribution in [2.24, 2.45) is 0 Å². The molecule has 0 aliphatic heterocycles. The van der Waals surface area contributed by atoms with Crippen LogP contribution in [0.5, 0.6) is 0 Å². The largest absolute Gasteiger partial charge is 0.390 e. The minimum absolute atomic E-state index is 0.0484. The molecule has 0 aliphatic rings. The SMILES string of the molecule is CC(c1cccc(Cl)c1)N(C)c1ccnc(CO)c1. The summed E-state index contributed by atoms with van der Waals surface area (Å²) in [5.41, 5.74) is 2.84. The van der Waals surface area contributed by atoms with Gasteiger partial charge >= 0.3 is 0 Å². The van der Waals surface area contributed by atoms with E-state index < -0.39 is 0 Å². The first-order chi connectivity index (χ1) is 9.11. The van der Waals surface area contributed by atoms with Gasteiger partial charge in [0.05, 0.1) is 18.3 Å². The lowest BCUT2D eigenvalue weighted by Gasteiger charge is -2.27. The summed E-state index contributed by atoms with van der Waals surface area (Å²) in [6.07, 6.45) is 1.71. The van der Waals surface area contributed by atoms with E-state index >= 15 is 0 Å². The molecule has 19 heavy (non-hydrogen) atoms. The Morgan fingerprint density at radius 3 is 2.79 bits per heavy atom. The predicted molar refractivity (Wildman–Crippen MR) is 78.4 cm³/mol. The third kappa shape index (κ3) is 3.25. The van der Waals surface area contributed by atoms with Gasteiger partial charge in [-0.25, -0.2) is 0 Å². The Balaban J connectivity index is 2.25. The molecule has 3 nitrogen and oxygen atoms in total. The highest BCUT2D eigenvalue weighted by atomic mass is 35.5. The fourth-order valence-corrected chi connectivity index (χ4v) is 2.18. The first-order valence-electron chi connectivity index (χ1n) is 6.16. The minimum Gasteiger partial charge on any atom is -0.390 e. The van der Waals surface area contributed by atoms with Crippen molar-refractivity contribution in [2.45, 2.75) is 19.6 Å². The van der Waals surface area contributed by atoms with Crippen molar-refractivity contribution < 1.29 is 5.11 Å². The zero-order valence-corrected chi connectivity index (χ0v) is 11.8. The average molecular weight is 277 g/mol. The normalized spacial score (nSPS) is 12.2. The van der Waals surface area contributed by atoms with Crippen molar-refractivity contribution in [1.29, 1.82) is 0 Å².